The summed E-state index contributed by atoms with van der Waals surface area (Å²) in [6.07, 6.45) is 0.525. The summed E-state index contributed by atoms with van der Waals surface area (Å²) in [7, 11) is -4.07. The quantitative estimate of drug-likeness (QED) is 0.550. The van der Waals surface area contributed by atoms with Gasteiger partial charge in [-0.05, 0) is 63.2 Å². The number of rotatable bonds is 6. The van der Waals surface area contributed by atoms with Crippen LogP contribution >= 0.6 is 0 Å². The van der Waals surface area contributed by atoms with Crippen LogP contribution in [0, 0.1) is 12.7 Å². The summed E-state index contributed by atoms with van der Waals surface area (Å²) in [6.45, 7) is 5.39. The summed E-state index contributed by atoms with van der Waals surface area (Å²) < 4.78 is 47.4. The van der Waals surface area contributed by atoms with Gasteiger partial charge in [0.2, 0.25) is 5.91 Å². The molecule has 0 fully saturated rings. The van der Waals surface area contributed by atoms with Crippen LogP contribution in [0.15, 0.2) is 77.7 Å². The number of fused-ring (bicyclic) bond motifs is 1. The number of hydrogen-bond acceptors (Lipinski definition) is 4. The second-order valence-electron chi connectivity index (χ2n) is 9.03. The van der Waals surface area contributed by atoms with Gasteiger partial charge in [-0.2, -0.15) is 0 Å². The third kappa shape index (κ3) is 5.07. The molecule has 1 heterocycles. The molecule has 0 saturated carbocycles. The minimum atomic E-state index is -4.07. The van der Waals surface area contributed by atoms with E-state index < -0.39 is 33.9 Å². The average Bonchev–Trinajstić information content (AvgIpc) is 2.79. The maximum atomic E-state index is 13.5. The highest BCUT2D eigenvalue weighted by Crippen LogP contribution is 2.40. The van der Waals surface area contributed by atoms with Crippen LogP contribution in [0.1, 0.15) is 37.4 Å². The third-order valence-electron chi connectivity index (χ3n) is 5.69. The molecule has 1 amide bonds. The summed E-state index contributed by atoms with van der Waals surface area (Å²) in [6, 6.07) is 18.3. The zero-order valence-corrected chi connectivity index (χ0v) is 20.1. The first-order chi connectivity index (χ1) is 16.0. The molecule has 4 rings (SSSR count). The second kappa shape index (κ2) is 9.10. The number of hydrogen-bond donors (Lipinski definition) is 1. The summed E-state index contributed by atoms with van der Waals surface area (Å²) in [5.74, 6) is -0.278. The largest absolute Gasteiger partial charge is 0.487 e. The van der Waals surface area contributed by atoms with Crippen molar-refractivity contribution >= 4 is 21.6 Å². The molecular formula is C26H27FN2O4S. The lowest BCUT2D eigenvalue weighted by Gasteiger charge is -2.38. The molecule has 1 atom stereocenters. The van der Waals surface area contributed by atoms with E-state index in [1.165, 1.54) is 36.4 Å². The number of nitrogens with one attached hydrogen (secondary N) is 1. The Kier molecular flexibility index (Phi) is 6.36. The molecule has 1 N–H and O–H groups in total. The van der Waals surface area contributed by atoms with Crippen molar-refractivity contribution in [2.75, 3.05) is 10.8 Å². The maximum Gasteiger partial charge on any atom is 0.264 e. The topological polar surface area (TPSA) is 75.7 Å². The van der Waals surface area contributed by atoms with Crippen molar-refractivity contribution in [3.05, 3.63) is 89.7 Å². The van der Waals surface area contributed by atoms with E-state index in [9.17, 15) is 17.6 Å². The molecule has 0 saturated heterocycles. The third-order valence-corrected chi connectivity index (χ3v) is 7.48. The highest BCUT2D eigenvalue weighted by molar-refractivity contribution is 7.92. The molecule has 178 valence electrons. The fourth-order valence-electron chi connectivity index (χ4n) is 4.12. The van der Waals surface area contributed by atoms with Crippen LogP contribution in [-0.4, -0.2) is 26.5 Å². The van der Waals surface area contributed by atoms with Crippen LogP contribution in [0.4, 0.5) is 10.1 Å². The average molecular weight is 483 g/mol. The van der Waals surface area contributed by atoms with Crippen LogP contribution < -0.4 is 14.4 Å². The van der Waals surface area contributed by atoms with Gasteiger partial charge in [-0.25, -0.2) is 12.8 Å². The van der Waals surface area contributed by atoms with Gasteiger partial charge in [0.05, 0.1) is 16.6 Å². The lowest BCUT2D eigenvalue weighted by atomic mass is 9.89. The Morgan fingerprint density at radius 2 is 1.76 bits per heavy atom. The van der Waals surface area contributed by atoms with E-state index in [1.54, 1.807) is 18.2 Å². The van der Waals surface area contributed by atoms with Gasteiger partial charge in [0.25, 0.3) is 10.0 Å². The fourth-order valence-corrected chi connectivity index (χ4v) is 5.56. The van der Waals surface area contributed by atoms with Crippen molar-refractivity contribution in [3.63, 3.8) is 0 Å². The van der Waals surface area contributed by atoms with Crippen molar-refractivity contribution in [3.8, 4) is 5.75 Å². The normalized spacial score (nSPS) is 16.8. The van der Waals surface area contributed by atoms with E-state index in [-0.39, 0.29) is 16.6 Å². The van der Waals surface area contributed by atoms with Gasteiger partial charge in [0.1, 0.15) is 23.7 Å². The molecule has 0 bridgehead atoms. The predicted octanol–water partition coefficient (Wildman–Crippen LogP) is 4.75. The van der Waals surface area contributed by atoms with Gasteiger partial charge in [0.15, 0.2) is 0 Å². The summed E-state index contributed by atoms with van der Waals surface area (Å²) in [4.78, 5) is 13.3. The number of benzene rings is 3. The smallest absolute Gasteiger partial charge is 0.264 e. The molecule has 1 aliphatic heterocycles. The Morgan fingerprint density at radius 3 is 2.44 bits per heavy atom. The molecule has 0 radical (unpaired) electrons. The minimum Gasteiger partial charge on any atom is -0.487 e. The number of nitrogens with zero attached hydrogens (tertiary/aromatic N) is 1. The van der Waals surface area contributed by atoms with Crippen LogP contribution in [-0.2, 0) is 14.8 Å². The molecule has 6 nitrogen and oxygen atoms in total. The molecule has 0 aromatic heterocycles. The van der Waals surface area contributed by atoms with Gasteiger partial charge < -0.3 is 10.1 Å². The summed E-state index contributed by atoms with van der Waals surface area (Å²) in [5, 5.41) is 2.99. The number of anilines is 1. The molecule has 3 aromatic rings. The summed E-state index contributed by atoms with van der Waals surface area (Å²) >= 11 is 0. The van der Waals surface area contributed by atoms with Crippen molar-refractivity contribution in [1.29, 1.82) is 0 Å². The van der Waals surface area contributed by atoms with Crippen molar-refractivity contribution in [1.82, 2.24) is 5.32 Å². The first-order valence-corrected chi connectivity index (χ1v) is 12.4. The van der Waals surface area contributed by atoms with Crippen molar-refractivity contribution in [2.24, 2.45) is 0 Å². The van der Waals surface area contributed by atoms with Gasteiger partial charge >= 0.3 is 0 Å². The number of aryl methyl sites for hydroxylation is 1. The SMILES string of the molecule is Cc1ccc2c(c1)C(NC(=O)CN(c1ccc(F)cc1)S(=O)(=O)c1ccccc1)CC(C)(C)O2. The second-order valence-corrected chi connectivity index (χ2v) is 10.9. The van der Waals surface area contributed by atoms with Crippen molar-refractivity contribution in [2.45, 2.75) is 43.7 Å². The van der Waals surface area contributed by atoms with E-state index in [2.05, 4.69) is 5.32 Å². The van der Waals surface area contributed by atoms with Gasteiger partial charge in [-0.3, -0.25) is 9.10 Å². The van der Waals surface area contributed by atoms with Crippen LogP contribution in [0.25, 0.3) is 0 Å². The van der Waals surface area contributed by atoms with E-state index >= 15 is 0 Å². The molecule has 3 aromatic carbocycles. The summed E-state index contributed by atoms with van der Waals surface area (Å²) in [5.41, 5.74) is 1.57. The number of ether oxygens (including phenoxy) is 1. The van der Waals surface area contributed by atoms with Gasteiger partial charge in [0, 0.05) is 12.0 Å². The maximum absolute atomic E-state index is 13.5. The monoisotopic (exact) mass is 482 g/mol. The molecule has 1 aliphatic rings. The zero-order chi connectivity index (χ0) is 24.5. The Bertz CT molecular complexity index is 1290. The van der Waals surface area contributed by atoms with E-state index in [0.29, 0.717) is 12.2 Å². The van der Waals surface area contributed by atoms with Crippen LogP contribution in [0.3, 0.4) is 0 Å². The Balaban J connectivity index is 1.64. The van der Waals surface area contributed by atoms with E-state index in [0.717, 1.165) is 15.4 Å². The van der Waals surface area contributed by atoms with Crippen LogP contribution in [0.5, 0.6) is 5.75 Å². The highest BCUT2D eigenvalue weighted by Gasteiger charge is 2.35. The number of carbonyl (C=O) groups is 1. The molecule has 0 spiro atoms. The first-order valence-electron chi connectivity index (χ1n) is 11.0. The predicted molar refractivity (Wildman–Crippen MR) is 129 cm³/mol. The van der Waals surface area contributed by atoms with E-state index in [1.807, 2.05) is 39.0 Å². The van der Waals surface area contributed by atoms with Gasteiger partial charge in [-0.1, -0.05) is 35.9 Å². The number of carbonyl (C=O) groups excluding carboxylic acids is 1. The number of halogens is 1. The lowest BCUT2D eigenvalue weighted by molar-refractivity contribution is -0.120. The first kappa shape index (κ1) is 23.8. The zero-order valence-electron chi connectivity index (χ0n) is 19.3. The Hall–Kier alpha value is -3.39. The molecular weight excluding hydrogens is 455 g/mol. The molecule has 8 heteroatoms. The fraction of sp³-hybridized carbons (Fsp3) is 0.269. The minimum absolute atomic E-state index is 0.0419. The van der Waals surface area contributed by atoms with Crippen molar-refractivity contribution < 1.29 is 22.3 Å². The number of sulfonamides is 1. The van der Waals surface area contributed by atoms with E-state index in [4.69, 9.17) is 4.74 Å². The highest BCUT2D eigenvalue weighted by atomic mass is 32.2. The molecule has 0 aliphatic carbocycles. The Labute approximate surface area is 199 Å². The van der Waals surface area contributed by atoms with Gasteiger partial charge in [-0.15, -0.1) is 0 Å². The standard InChI is InChI=1S/C26H27FN2O4S/c1-18-9-14-24-22(15-18)23(16-26(2,3)33-24)28-25(30)17-29(20-12-10-19(27)11-13-20)34(31,32)21-7-5-4-6-8-21/h4-15,23H,16-17H2,1-3H3,(H,28,30). The number of amides is 1. The molecule has 34 heavy (non-hydrogen) atoms. The van der Waals surface area contributed by atoms with Crippen LogP contribution in [0.2, 0.25) is 0 Å². The lowest BCUT2D eigenvalue weighted by Crippen LogP contribution is -2.45. The Morgan fingerprint density at radius 1 is 1.09 bits per heavy atom. The molecule has 1 unspecified atom stereocenters.